The first-order valence-corrected chi connectivity index (χ1v) is 10.4. The number of benzene rings is 1. The van der Waals surface area contributed by atoms with Gasteiger partial charge in [-0.2, -0.15) is 0 Å². The predicted molar refractivity (Wildman–Crippen MR) is 119 cm³/mol. The van der Waals surface area contributed by atoms with Crippen LogP contribution in [0.25, 0.3) is 11.2 Å². The van der Waals surface area contributed by atoms with Gasteiger partial charge < -0.3 is 24.3 Å². The zero-order valence-corrected chi connectivity index (χ0v) is 18.2. The van der Waals surface area contributed by atoms with Crippen molar-refractivity contribution in [2.75, 3.05) is 52.3 Å². The van der Waals surface area contributed by atoms with Crippen molar-refractivity contribution in [3.63, 3.8) is 0 Å². The van der Waals surface area contributed by atoms with E-state index in [1.807, 2.05) is 24.0 Å². The Hall–Kier alpha value is -3.33. The summed E-state index contributed by atoms with van der Waals surface area (Å²) >= 11 is 0. The van der Waals surface area contributed by atoms with Crippen LogP contribution in [-0.4, -0.2) is 77.3 Å². The van der Waals surface area contributed by atoms with E-state index < -0.39 is 0 Å². The Bertz CT molecular complexity index is 1060. The summed E-state index contributed by atoms with van der Waals surface area (Å²) in [7, 11) is 3.17. The maximum atomic E-state index is 12.7. The third-order valence-corrected chi connectivity index (χ3v) is 5.64. The molecule has 1 aromatic carbocycles. The molecule has 164 valence electrons. The molecular weight excluding hydrogens is 396 g/mol. The number of pyridine rings is 1. The van der Waals surface area contributed by atoms with Gasteiger partial charge in [-0.1, -0.05) is 0 Å². The van der Waals surface area contributed by atoms with E-state index in [1.165, 1.54) is 0 Å². The monoisotopic (exact) mass is 424 g/mol. The molecule has 4 rings (SSSR count). The molecule has 2 amide bonds. The Balaban J connectivity index is 1.30. The summed E-state index contributed by atoms with van der Waals surface area (Å²) in [6, 6.07) is 9.12. The number of urea groups is 1. The van der Waals surface area contributed by atoms with Crippen LogP contribution in [0.4, 0.5) is 10.5 Å². The van der Waals surface area contributed by atoms with Gasteiger partial charge >= 0.3 is 6.03 Å². The van der Waals surface area contributed by atoms with E-state index in [1.54, 1.807) is 38.6 Å². The SMILES string of the molecule is COc1ccc(NC(=O)N2CCN(CCn3c(C)nc4cccnc43)CC2)c(OC)c1. The molecule has 1 fully saturated rings. The highest BCUT2D eigenvalue weighted by molar-refractivity contribution is 5.91. The van der Waals surface area contributed by atoms with Crippen LogP contribution in [-0.2, 0) is 6.54 Å². The quantitative estimate of drug-likeness (QED) is 0.655. The number of nitrogens with zero attached hydrogens (tertiary/aromatic N) is 5. The lowest BCUT2D eigenvalue weighted by molar-refractivity contribution is 0.144. The normalized spacial score (nSPS) is 14.6. The van der Waals surface area contributed by atoms with Crippen molar-refractivity contribution in [2.45, 2.75) is 13.5 Å². The molecule has 0 aliphatic carbocycles. The third-order valence-electron chi connectivity index (χ3n) is 5.64. The first-order chi connectivity index (χ1) is 15.1. The molecule has 0 spiro atoms. The molecule has 2 aromatic heterocycles. The van der Waals surface area contributed by atoms with Crippen molar-refractivity contribution in [1.29, 1.82) is 0 Å². The minimum atomic E-state index is -0.122. The molecule has 1 N–H and O–H groups in total. The fraction of sp³-hybridized carbons (Fsp3) is 0.409. The lowest BCUT2D eigenvalue weighted by Gasteiger charge is -2.34. The van der Waals surface area contributed by atoms with Crippen LogP contribution in [0.1, 0.15) is 5.82 Å². The number of fused-ring (bicyclic) bond motifs is 1. The average Bonchev–Trinajstić information content (AvgIpc) is 3.13. The van der Waals surface area contributed by atoms with Crippen molar-refractivity contribution < 1.29 is 14.3 Å². The highest BCUT2D eigenvalue weighted by Gasteiger charge is 2.22. The minimum Gasteiger partial charge on any atom is -0.497 e. The van der Waals surface area contributed by atoms with Gasteiger partial charge in [0.05, 0.1) is 19.9 Å². The first kappa shape index (κ1) is 20.9. The zero-order chi connectivity index (χ0) is 21.8. The van der Waals surface area contributed by atoms with Crippen LogP contribution < -0.4 is 14.8 Å². The van der Waals surface area contributed by atoms with Crippen molar-refractivity contribution in [3.05, 3.63) is 42.4 Å². The van der Waals surface area contributed by atoms with Crippen molar-refractivity contribution in [3.8, 4) is 11.5 Å². The van der Waals surface area contributed by atoms with Crippen LogP contribution in [0.15, 0.2) is 36.5 Å². The maximum Gasteiger partial charge on any atom is 0.322 e. The van der Waals surface area contributed by atoms with Crippen LogP contribution in [0, 0.1) is 6.92 Å². The largest absolute Gasteiger partial charge is 0.497 e. The second-order valence-electron chi connectivity index (χ2n) is 7.48. The number of ether oxygens (including phenoxy) is 2. The van der Waals surface area contributed by atoms with E-state index in [0.717, 1.165) is 43.2 Å². The van der Waals surface area contributed by atoms with Crippen LogP contribution in [0.3, 0.4) is 0 Å². The molecule has 1 saturated heterocycles. The van der Waals surface area contributed by atoms with Crippen molar-refractivity contribution >= 4 is 22.9 Å². The van der Waals surface area contributed by atoms with Gasteiger partial charge in [-0.3, -0.25) is 4.90 Å². The van der Waals surface area contributed by atoms with Gasteiger partial charge in [0.15, 0.2) is 5.65 Å². The molecule has 9 nitrogen and oxygen atoms in total. The number of nitrogens with one attached hydrogen (secondary N) is 1. The van der Waals surface area contributed by atoms with Gasteiger partial charge in [-0.25, -0.2) is 14.8 Å². The van der Waals surface area contributed by atoms with Crippen LogP contribution in [0.5, 0.6) is 11.5 Å². The van der Waals surface area contributed by atoms with Gasteiger partial charge in [0.25, 0.3) is 0 Å². The Labute approximate surface area is 181 Å². The first-order valence-electron chi connectivity index (χ1n) is 10.4. The number of hydrogen-bond donors (Lipinski definition) is 1. The Morgan fingerprint density at radius 1 is 1.10 bits per heavy atom. The number of amides is 2. The maximum absolute atomic E-state index is 12.7. The number of piperazine rings is 1. The second-order valence-corrected chi connectivity index (χ2v) is 7.48. The lowest BCUT2D eigenvalue weighted by atomic mass is 10.2. The van der Waals surface area contributed by atoms with E-state index in [2.05, 4.69) is 24.8 Å². The third kappa shape index (κ3) is 4.56. The molecule has 0 saturated carbocycles. The predicted octanol–water partition coefficient (Wildman–Crippen LogP) is 2.61. The van der Waals surface area contributed by atoms with E-state index in [9.17, 15) is 4.79 Å². The number of imidazole rings is 1. The molecule has 3 heterocycles. The summed E-state index contributed by atoms with van der Waals surface area (Å²) in [5.74, 6) is 2.22. The summed E-state index contributed by atoms with van der Waals surface area (Å²) < 4.78 is 12.7. The highest BCUT2D eigenvalue weighted by atomic mass is 16.5. The molecule has 1 aliphatic heterocycles. The molecule has 31 heavy (non-hydrogen) atoms. The number of methoxy groups -OCH3 is 2. The van der Waals surface area contributed by atoms with Gasteiger partial charge in [-0.05, 0) is 31.2 Å². The number of hydrogen-bond acceptors (Lipinski definition) is 6. The number of anilines is 1. The van der Waals surface area contributed by atoms with Gasteiger partial charge in [-0.15, -0.1) is 0 Å². The molecule has 0 atom stereocenters. The number of carbonyl (C=O) groups excluding carboxylic acids is 1. The van der Waals surface area contributed by atoms with E-state index in [4.69, 9.17) is 9.47 Å². The van der Waals surface area contributed by atoms with E-state index in [0.29, 0.717) is 30.3 Å². The van der Waals surface area contributed by atoms with Crippen LogP contribution >= 0.6 is 0 Å². The number of aryl methyl sites for hydroxylation is 1. The molecule has 9 heteroatoms. The zero-order valence-electron chi connectivity index (χ0n) is 18.2. The van der Waals surface area contributed by atoms with Crippen molar-refractivity contribution in [1.82, 2.24) is 24.3 Å². The summed E-state index contributed by atoms with van der Waals surface area (Å²) in [5.41, 5.74) is 2.48. The molecule has 0 unspecified atom stereocenters. The Kier molecular flexibility index (Phi) is 6.22. The number of carbonyl (C=O) groups is 1. The Morgan fingerprint density at radius 3 is 2.65 bits per heavy atom. The van der Waals surface area contributed by atoms with Gasteiger partial charge in [0, 0.05) is 51.5 Å². The topological polar surface area (TPSA) is 84.8 Å². The van der Waals surface area contributed by atoms with Crippen molar-refractivity contribution in [2.24, 2.45) is 0 Å². The number of aromatic nitrogens is 3. The van der Waals surface area contributed by atoms with Gasteiger partial charge in [0.1, 0.15) is 22.8 Å². The lowest BCUT2D eigenvalue weighted by Crippen LogP contribution is -2.50. The molecule has 3 aromatic rings. The standard InChI is InChI=1S/C22H28N6O3/c1-16-24-19-5-4-8-23-21(19)28(16)14-11-26-9-12-27(13-10-26)22(29)25-18-7-6-17(30-2)15-20(18)31-3/h4-8,15H,9-14H2,1-3H3,(H,25,29). The fourth-order valence-corrected chi connectivity index (χ4v) is 3.85. The molecule has 0 radical (unpaired) electrons. The summed E-state index contributed by atoms with van der Waals surface area (Å²) in [4.78, 5) is 26.0. The fourth-order valence-electron chi connectivity index (χ4n) is 3.85. The van der Waals surface area contributed by atoms with E-state index >= 15 is 0 Å². The summed E-state index contributed by atoms with van der Waals surface area (Å²) in [5, 5.41) is 2.95. The summed E-state index contributed by atoms with van der Waals surface area (Å²) in [6.45, 7) is 6.73. The highest BCUT2D eigenvalue weighted by Crippen LogP contribution is 2.29. The molecular formula is C22H28N6O3. The minimum absolute atomic E-state index is 0.122. The second kappa shape index (κ2) is 9.22. The van der Waals surface area contributed by atoms with E-state index in [-0.39, 0.29) is 6.03 Å². The van der Waals surface area contributed by atoms with Gasteiger partial charge in [0.2, 0.25) is 0 Å². The number of rotatable bonds is 6. The Morgan fingerprint density at radius 2 is 1.90 bits per heavy atom. The smallest absolute Gasteiger partial charge is 0.322 e. The molecule has 0 bridgehead atoms. The van der Waals surface area contributed by atoms with Crippen LogP contribution in [0.2, 0.25) is 0 Å². The molecule has 1 aliphatic rings. The summed E-state index contributed by atoms with van der Waals surface area (Å²) in [6.07, 6.45) is 1.80. The average molecular weight is 425 g/mol.